The number of nitrogens with zero attached hydrogens (tertiary/aromatic N) is 1. The molecule has 0 saturated carbocycles. The third-order valence-corrected chi connectivity index (χ3v) is 3.62. The molecular formula is C16H22ClNO. The van der Waals surface area contributed by atoms with Crippen LogP contribution in [0.4, 0.5) is 0 Å². The molecule has 0 N–H and O–H groups in total. The number of aromatic nitrogens is 1. The average Bonchev–Trinajstić information content (AvgIpc) is 2.79. The second-order valence-electron chi connectivity index (χ2n) is 5.09. The SMILES string of the molecule is CCCCCCCCCc1nc2cc(Cl)ccc2o1. The molecule has 0 aliphatic rings. The molecule has 0 saturated heterocycles. The topological polar surface area (TPSA) is 26.0 Å². The lowest BCUT2D eigenvalue weighted by Crippen LogP contribution is -1.86. The van der Waals surface area contributed by atoms with Gasteiger partial charge in [0, 0.05) is 11.4 Å². The van der Waals surface area contributed by atoms with Crippen molar-refractivity contribution in [2.75, 3.05) is 0 Å². The van der Waals surface area contributed by atoms with Gasteiger partial charge in [0.1, 0.15) is 5.52 Å². The Labute approximate surface area is 120 Å². The summed E-state index contributed by atoms with van der Waals surface area (Å²) in [5.41, 5.74) is 1.70. The van der Waals surface area contributed by atoms with Crippen LogP contribution in [0.5, 0.6) is 0 Å². The maximum absolute atomic E-state index is 5.93. The first-order valence-corrected chi connectivity index (χ1v) is 7.72. The fourth-order valence-electron chi connectivity index (χ4n) is 2.29. The third-order valence-electron chi connectivity index (χ3n) is 3.39. The van der Waals surface area contributed by atoms with Crippen molar-refractivity contribution in [3.05, 3.63) is 29.1 Å². The van der Waals surface area contributed by atoms with Crippen LogP contribution in [0.15, 0.2) is 22.6 Å². The number of aryl methyl sites for hydroxylation is 1. The minimum absolute atomic E-state index is 0.711. The van der Waals surface area contributed by atoms with Crippen LogP contribution in [0.3, 0.4) is 0 Å². The van der Waals surface area contributed by atoms with Gasteiger partial charge in [0.25, 0.3) is 0 Å². The van der Waals surface area contributed by atoms with E-state index < -0.39 is 0 Å². The highest BCUT2D eigenvalue weighted by molar-refractivity contribution is 6.31. The Morgan fingerprint density at radius 1 is 1.05 bits per heavy atom. The Morgan fingerprint density at radius 3 is 2.58 bits per heavy atom. The van der Waals surface area contributed by atoms with Gasteiger partial charge >= 0.3 is 0 Å². The number of hydrogen-bond donors (Lipinski definition) is 0. The van der Waals surface area contributed by atoms with Crippen molar-refractivity contribution in [2.45, 2.75) is 58.3 Å². The average molecular weight is 280 g/mol. The fraction of sp³-hybridized carbons (Fsp3) is 0.562. The number of unbranched alkanes of at least 4 members (excludes halogenated alkanes) is 6. The molecule has 0 amide bonds. The Bertz CT molecular complexity index is 506. The standard InChI is InChI=1S/C16H22ClNO/c1-2-3-4-5-6-7-8-9-16-18-14-12-13(17)10-11-15(14)19-16/h10-12H,2-9H2,1H3. The summed E-state index contributed by atoms with van der Waals surface area (Å²) in [6.07, 6.45) is 10.1. The number of hydrogen-bond acceptors (Lipinski definition) is 2. The van der Waals surface area contributed by atoms with E-state index in [-0.39, 0.29) is 0 Å². The minimum atomic E-state index is 0.711. The third kappa shape index (κ3) is 4.54. The van der Waals surface area contributed by atoms with Crippen molar-refractivity contribution in [2.24, 2.45) is 0 Å². The number of halogens is 1. The lowest BCUT2D eigenvalue weighted by molar-refractivity contribution is 0.504. The highest BCUT2D eigenvalue weighted by atomic mass is 35.5. The molecule has 1 aromatic carbocycles. The molecule has 1 heterocycles. The van der Waals surface area contributed by atoms with Crippen LogP contribution >= 0.6 is 11.6 Å². The second kappa shape index (κ2) is 7.54. The first-order chi connectivity index (χ1) is 9.29. The molecule has 0 aliphatic heterocycles. The summed E-state index contributed by atoms with van der Waals surface area (Å²) in [7, 11) is 0. The van der Waals surface area contributed by atoms with Crippen LogP contribution in [0, 0.1) is 0 Å². The van der Waals surface area contributed by atoms with Gasteiger partial charge in [-0.3, -0.25) is 0 Å². The van der Waals surface area contributed by atoms with Crippen LogP contribution in [-0.4, -0.2) is 4.98 Å². The molecule has 104 valence electrons. The van der Waals surface area contributed by atoms with Crippen LogP contribution in [0.25, 0.3) is 11.1 Å². The first-order valence-electron chi connectivity index (χ1n) is 7.34. The molecule has 3 heteroatoms. The largest absolute Gasteiger partial charge is 0.441 e. The molecule has 0 atom stereocenters. The van der Waals surface area contributed by atoms with E-state index in [4.69, 9.17) is 16.0 Å². The molecule has 2 nitrogen and oxygen atoms in total. The quantitative estimate of drug-likeness (QED) is 0.573. The molecule has 2 aromatic rings. The van der Waals surface area contributed by atoms with Crippen molar-refractivity contribution < 1.29 is 4.42 Å². The van der Waals surface area contributed by atoms with E-state index in [1.165, 1.54) is 38.5 Å². The van der Waals surface area contributed by atoms with Crippen molar-refractivity contribution >= 4 is 22.7 Å². The zero-order valence-electron chi connectivity index (χ0n) is 11.6. The van der Waals surface area contributed by atoms with Crippen molar-refractivity contribution in [1.29, 1.82) is 0 Å². The van der Waals surface area contributed by atoms with E-state index in [2.05, 4.69) is 11.9 Å². The maximum Gasteiger partial charge on any atom is 0.195 e. The summed E-state index contributed by atoms with van der Waals surface area (Å²) < 4.78 is 5.70. The van der Waals surface area contributed by atoms with E-state index in [1.807, 2.05) is 18.2 Å². The van der Waals surface area contributed by atoms with Crippen molar-refractivity contribution in [3.8, 4) is 0 Å². The van der Waals surface area contributed by atoms with Gasteiger partial charge < -0.3 is 4.42 Å². The van der Waals surface area contributed by atoms with Gasteiger partial charge in [-0.1, -0.05) is 57.0 Å². The normalized spacial score (nSPS) is 11.3. The molecule has 0 spiro atoms. The first kappa shape index (κ1) is 14.4. The van der Waals surface area contributed by atoms with Crippen LogP contribution in [0.1, 0.15) is 57.8 Å². The monoisotopic (exact) mass is 279 g/mol. The molecule has 2 rings (SSSR count). The number of fused-ring (bicyclic) bond motifs is 1. The summed E-state index contributed by atoms with van der Waals surface area (Å²) in [5.74, 6) is 0.839. The molecule has 0 radical (unpaired) electrons. The van der Waals surface area contributed by atoms with Gasteiger partial charge in [0.05, 0.1) is 0 Å². The summed E-state index contributed by atoms with van der Waals surface area (Å²) >= 11 is 5.93. The number of benzene rings is 1. The number of rotatable bonds is 8. The maximum atomic E-state index is 5.93. The number of oxazole rings is 1. The zero-order chi connectivity index (χ0) is 13.5. The van der Waals surface area contributed by atoms with E-state index in [0.29, 0.717) is 5.02 Å². The van der Waals surface area contributed by atoms with E-state index in [0.717, 1.165) is 29.8 Å². The van der Waals surface area contributed by atoms with Crippen LogP contribution in [-0.2, 0) is 6.42 Å². The molecule has 19 heavy (non-hydrogen) atoms. The highest BCUT2D eigenvalue weighted by Gasteiger charge is 2.05. The Hall–Kier alpha value is -1.02. The fourth-order valence-corrected chi connectivity index (χ4v) is 2.45. The molecule has 1 aromatic heterocycles. The minimum Gasteiger partial charge on any atom is -0.441 e. The smallest absolute Gasteiger partial charge is 0.195 e. The summed E-state index contributed by atoms with van der Waals surface area (Å²) in [4.78, 5) is 4.47. The predicted octanol–water partition coefficient (Wildman–Crippen LogP) is 5.77. The van der Waals surface area contributed by atoms with Crippen molar-refractivity contribution in [3.63, 3.8) is 0 Å². The lowest BCUT2D eigenvalue weighted by Gasteiger charge is -1.99. The summed E-state index contributed by atoms with van der Waals surface area (Å²) in [6.45, 7) is 2.25. The molecule has 0 unspecified atom stereocenters. The molecule has 0 fully saturated rings. The zero-order valence-corrected chi connectivity index (χ0v) is 12.4. The van der Waals surface area contributed by atoms with E-state index >= 15 is 0 Å². The van der Waals surface area contributed by atoms with Crippen LogP contribution in [0.2, 0.25) is 5.02 Å². The summed E-state index contributed by atoms with van der Waals surface area (Å²) in [6, 6.07) is 5.58. The highest BCUT2D eigenvalue weighted by Crippen LogP contribution is 2.21. The Balaban J connectivity index is 1.72. The van der Waals surface area contributed by atoms with E-state index in [1.54, 1.807) is 0 Å². The predicted molar refractivity (Wildman–Crippen MR) is 80.7 cm³/mol. The van der Waals surface area contributed by atoms with Crippen LogP contribution < -0.4 is 0 Å². The van der Waals surface area contributed by atoms with Gasteiger partial charge in [-0.15, -0.1) is 0 Å². The molecular weight excluding hydrogens is 258 g/mol. The van der Waals surface area contributed by atoms with Gasteiger partial charge in [-0.05, 0) is 24.6 Å². The molecule has 0 aliphatic carbocycles. The van der Waals surface area contributed by atoms with Gasteiger partial charge in [-0.2, -0.15) is 0 Å². The summed E-state index contributed by atoms with van der Waals surface area (Å²) in [5, 5.41) is 0.711. The van der Waals surface area contributed by atoms with E-state index in [9.17, 15) is 0 Å². The van der Waals surface area contributed by atoms with Gasteiger partial charge in [-0.25, -0.2) is 4.98 Å². The van der Waals surface area contributed by atoms with Gasteiger partial charge in [0.2, 0.25) is 0 Å². The Morgan fingerprint density at radius 2 is 1.79 bits per heavy atom. The second-order valence-corrected chi connectivity index (χ2v) is 5.53. The van der Waals surface area contributed by atoms with Gasteiger partial charge in [0.15, 0.2) is 11.5 Å². The lowest BCUT2D eigenvalue weighted by atomic mass is 10.1. The Kier molecular flexibility index (Phi) is 5.71. The van der Waals surface area contributed by atoms with Crippen molar-refractivity contribution in [1.82, 2.24) is 4.98 Å². The molecule has 0 bridgehead atoms.